The fraction of sp³-hybridized carbons (Fsp3) is 0.600. The molecule has 0 spiro atoms. The van der Waals surface area contributed by atoms with Crippen molar-refractivity contribution in [3.8, 4) is 5.75 Å². The molecule has 1 aliphatic rings. The number of halogens is 3. The van der Waals surface area contributed by atoms with E-state index in [2.05, 4.69) is 10.2 Å². The summed E-state index contributed by atoms with van der Waals surface area (Å²) in [6.45, 7) is 6.82. The SMILES string of the molecule is Cc1cc([C@H](CC(F)F)N2CCNCC2)cc(C)c1O.Cl. The summed E-state index contributed by atoms with van der Waals surface area (Å²) in [5, 5.41) is 13.1. The smallest absolute Gasteiger partial charge is 0.240 e. The molecule has 0 unspecified atom stereocenters. The van der Waals surface area contributed by atoms with Crippen molar-refractivity contribution in [2.75, 3.05) is 26.2 Å². The van der Waals surface area contributed by atoms with Gasteiger partial charge in [0, 0.05) is 38.6 Å². The molecule has 0 radical (unpaired) electrons. The van der Waals surface area contributed by atoms with Crippen LogP contribution in [-0.2, 0) is 0 Å². The lowest BCUT2D eigenvalue weighted by atomic mass is 9.96. The number of phenols is 1. The van der Waals surface area contributed by atoms with Crippen molar-refractivity contribution in [1.82, 2.24) is 10.2 Å². The standard InChI is InChI=1S/C15H22F2N2O.ClH/c1-10-7-12(8-11(2)15(10)20)13(9-14(16)17)19-5-3-18-4-6-19;/h7-8,13-14,18,20H,3-6,9H2,1-2H3;1H/t13-;/m0./s1. The van der Waals surface area contributed by atoms with Gasteiger partial charge >= 0.3 is 0 Å². The van der Waals surface area contributed by atoms with E-state index in [1.165, 1.54) is 0 Å². The zero-order chi connectivity index (χ0) is 14.7. The van der Waals surface area contributed by atoms with E-state index in [9.17, 15) is 13.9 Å². The van der Waals surface area contributed by atoms with E-state index in [0.29, 0.717) is 0 Å². The van der Waals surface area contributed by atoms with Crippen molar-refractivity contribution in [1.29, 1.82) is 0 Å². The Labute approximate surface area is 130 Å². The molecule has 1 aromatic carbocycles. The maximum Gasteiger partial charge on any atom is 0.240 e. The second kappa shape index (κ2) is 7.92. The predicted octanol–water partition coefficient (Wildman–Crippen LogP) is 3.03. The summed E-state index contributed by atoms with van der Waals surface area (Å²) >= 11 is 0. The fourth-order valence-corrected chi connectivity index (χ4v) is 2.84. The maximum atomic E-state index is 12.9. The van der Waals surface area contributed by atoms with Gasteiger partial charge in [-0.2, -0.15) is 0 Å². The molecule has 0 aromatic heterocycles. The topological polar surface area (TPSA) is 35.5 Å². The number of aryl methyl sites for hydroxylation is 2. The maximum absolute atomic E-state index is 12.9. The molecular formula is C15H23ClF2N2O. The van der Waals surface area contributed by atoms with Gasteiger partial charge in [0.05, 0.1) is 0 Å². The summed E-state index contributed by atoms with van der Waals surface area (Å²) in [4.78, 5) is 2.11. The van der Waals surface area contributed by atoms with Gasteiger partial charge in [0.2, 0.25) is 6.43 Å². The molecule has 120 valence electrons. The van der Waals surface area contributed by atoms with E-state index in [1.54, 1.807) is 0 Å². The molecule has 1 fully saturated rings. The monoisotopic (exact) mass is 320 g/mol. The zero-order valence-corrected chi connectivity index (χ0v) is 13.2. The van der Waals surface area contributed by atoms with Crippen molar-refractivity contribution in [3.63, 3.8) is 0 Å². The highest BCUT2D eigenvalue weighted by atomic mass is 35.5. The molecule has 0 aliphatic carbocycles. The molecular weight excluding hydrogens is 298 g/mol. The lowest BCUT2D eigenvalue weighted by Crippen LogP contribution is -2.45. The van der Waals surface area contributed by atoms with Crippen LogP contribution in [0.4, 0.5) is 8.78 Å². The Kier molecular flexibility index (Phi) is 6.84. The van der Waals surface area contributed by atoms with Gasteiger partial charge in [-0.3, -0.25) is 4.90 Å². The molecule has 3 nitrogen and oxygen atoms in total. The Bertz CT molecular complexity index is 442. The first-order valence-corrected chi connectivity index (χ1v) is 7.02. The summed E-state index contributed by atoms with van der Waals surface area (Å²) in [6.07, 6.45) is -2.49. The first-order chi connectivity index (χ1) is 9.49. The van der Waals surface area contributed by atoms with Crippen LogP contribution in [-0.4, -0.2) is 42.6 Å². The number of aromatic hydroxyl groups is 1. The van der Waals surface area contributed by atoms with Gasteiger partial charge in [0.1, 0.15) is 5.75 Å². The number of piperazine rings is 1. The van der Waals surface area contributed by atoms with Gasteiger partial charge in [-0.15, -0.1) is 12.4 Å². The number of nitrogens with zero attached hydrogens (tertiary/aromatic N) is 1. The molecule has 0 saturated carbocycles. The third kappa shape index (κ3) is 4.53. The molecule has 1 aliphatic heterocycles. The van der Waals surface area contributed by atoms with Crippen LogP contribution < -0.4 is 5.32 Å². The molecule has 1 heterocycles. The summed E-state index contributed by atoms with van der Waals surface area (Å²) in [5.41, 5.74) is 2.36. The number of benzene rings is 1. The summed E-state index contributed by atoms with van der Waals surface area (Å²) in [7, 11) is 0. The van der Waals surface area contributed by atoms with Crippen molar-refractivity contribution in [2.24, 2.45) is 0 Å². The van der Waals surface area contributed by atoms with Crippen LogP contribution in [0.15, 0.2) is 12.1 Å². The largest absolute Gasteiger partial charge is 0.507 e. The number of rotatable bonds is 4. The Hall–Kier alpha value is -0.910. The van der Waals surface area contributed by atoms with Gasteiger partial charge in [0.15, 0.2) is 0 Å². The minimum absolute atomic E-state index is 0. The van der Waals surface area contributed by atoms with Crippen molar-refractivity contribution >= 4 is 12.4 Å². The van der Waals surface area contributed by atoms with E-state index in [0.717, 1.165) is 42.9 Å². The van der Waals surface area contributed by atoms with Crippen LogP contribution in [0.1, 0.15) is 29.2 Å². The second-order valence-electron chi connectivity index (χ2n) is 5.43. The van der Waals surface area contributed by atoms with E-state index >= 15 is 0 Å². The van der Waals surface area contributed by atoms with E-state index in [1.807, 2.05) is 26.0 Å². The van der Waals surface area contributed by atoms with Crippen LogP contribution >= 0.6 is 12.4 Å². The lowest BCUT2D eigenvalue weighted by Gasteiger charge is -2.35. The number of nitrogens with one attached hydrogen (secondary N) is 1. The third-order valence-corrected chi connectivity index (χ3v) is 3.89. The molecule has 1 aromatic rings. The molecule has 0 bridgehead atoms. The Balaban J connectivity index is 0.00000220. The number of hydrogen-bond donors (Lipinski definition) is 2. The van der Waals surface area contributed by atoms with Crippen LogP contribution in [0, 0.1) is 13.8 Å². The Morgan fingerprint density at radius 1 is 1.19 bits per heavy atom. The number of hydrogen-bond acceptors (Lipinski definition) is 3. The van der Waals surface area contributed by atoms with Crippen molar-refractivity contribution in [3.05, 3.63) is 28.8 Å². The first kappa shape index (κ1) is 18.1. The minimum atomic E-state index is -2.33. The predicted molar refractivity (Wildman–Crippen MR) is 82.6 cm³/mol. The molecule has 0 amide bonds. The summed E-state index contributed by atoms with van der Waals surface area (Å²) < 4.78 is 25.8. The van der Waals surface area contributed by atoms with Crippen molar-refractivity contribution in [2.45, 2.75) is 32.7 Å². The van der Waals surface area contributed by atoms with Gasteiger partial charge in [-0.1, -0.05) is 12.1 Å². The number of phenolic OH excluding ortho intramolecular Hbond substituents is 1. The second-order valence-corrected chi connectivity index (χ2v) is 5.43. The molecule has 2 rings (SSSR count). The highest BCUT2D eigenvalue weighted by Gasteiger charge is 2.26. The van der Waals surface area contributed by atoms with E-state index in [-0.39, 0.29) is 30.6 Å². The van der Waals surface area contributed by atoms with Gasteiger partial charge < -0.3 is 10.4 Å². The normalized spacial score (nSPS) is 17.6. The molecule has 2 N–H and O–H groups in total. The Morgan fingerprint density at radius 3 is 2.19 bits per heavy atom. The van der Waals surface area contributed by atoms with E-state index in [4.69, 9.17) is 0 Å². The highest BCUT2D eigenvalue weighted by Crippen LogP contribution is 2.32. The highest BCUT2D eigenvalue weighted by molar-refractivity contribution is 5.85. The summed E-state index contributed by atoms with van der Waals surface area (Å²) in [6, 6.07) is 3.38. The lowest BCUT2D eigenvalue weighted by molar-refractivity contribution is 0.0738. The van der Waals surface area contributed by atoms with Crippen molar-refractivity contribution < 1.29 is 13.9 Å². The molecule has 1 saturated heterocycles. The average molecular weight is 321 g/mol. The van der Waals surface area contributed by atoms with E-state index < -0.39 is 6.43 Å². The molecule has 6 heteroatoms. The quantitative estimate of drug-likeness (QED) is 0.895. The number of alkyl halides is 2. The third-order valence-electron chi connectivity index (χ3n) is 3.89. The minimum Gasteiger partial charge on any atom is -0.507 e. The van der Waals surface area contributed by atoms with Gasteiger partial charge in [0.25, 0.3) is 0 Å². The zero-order valence-electron chi connectivity index (χ0n) is 12.4. The molecule has 21 heavy (non-hydrogen) atoms. The first-order valence-electron chi connectivity index (χ1n) is 7.02. The average Bonchev–Trinajstić information content (AvgIpc) is 2.42. The fourth-order valence-electron chi connectivity index (χ4n) is 2.84. The Morgan fingerprint density at radius 2 is 1.71 bits per heavy atom. The van der Waals surface area contributed by atoms with Crippen LogP contribution in [0.2, 0.25) is 0 Å². The van der Waals surface area contributed by atoms with Crippen LogP contribution in [0.3, 0.4) is 0 Å². The summed E-state index contributed by atoms with van der Waals surface area (Å²) in [5.74, 6) is 0.254. The van der Waals surface area contributed by atoms with Gasteiger partial charge in [-0.25, -0.2) is 8.78 Å². The van der Waals surface area contributed by atoms with Gasteiger partial charge in [-0.05, 0) is 30.5 Å². The molecule has 1 atom stereocenters. The van der Waals surface area contributed by atoms with Crippen LogP contribution in [0.25, 0.3) is 0 Å². The van der Waals surface area contributed by atoms with Crippen LogP contribution in [0.5, 0.6) is 5.75 Å².